The second-order valence-electron chi connectivity index (χ2n) is 7.43. The number of aromatic nitrogens is 2. The lowest BCUT2D eigenvalue weighted by Gasteiger charge is -2.22. The van der Waals surface area contributed by atoms with E-state index in [1.807, 2.05) is 55.3 Å². The molecule has 1 aliphatic heterocycles. The SMILES string of the molecule is CN=C(NCc1ccc(N2CC=CC2)cc1)N(C)Cc1cnn(-c2ccccc2)c1. The lowest BCUT2D eigenvalue weighted by Crippen LogP contribution is -2.38. The average molecular weight is 401 g/mol. The standard InChI is InChI=1S/C24H28N6/c1-25-24(26-16-20-10-12-22(13-11-20)29-14-6-7-15-29)28(2)18-21-17-27-30(19-21)23-8-4-3-5-9-23/h3-13,17,19H,14-16,18H2,1-2H3,(H,25,26). The van der Waals surface area contributed by atoms with Gasteiger partial charge in [0.15, 0.2) is 5.96 Å². The van der Waals surface area contributed by atoms with E-state index in [9.17, 15) is 0 Å². The van der Waals surface area contributed by atoms with Gasteiger partial charge in [0.1, 0.15) is 0 Å². The number of benzene rings is 2. The van der Waals surface area contributed by atoms with Crippen molar-refractivity contribution in [1.82, 2.24) is 20.0 Å². The van der Waals surface area contributed by atoms with Gasteiger partial charge < -0.3 is 15.1 Å². The number of aliphatic imine (C=N–C) groups is 1. The molecule has 4 rings (SSSR count). The zero-order valence-electron chi connectivity index (χ0n) is 17.6. The molecule has 0 radical (unpaired) electrons. The van der Waals surface area contributed by atoms with Crippen LogP contribution in [0.15, 0.2) is 84.1 Å². The van der Waals surface area contributed by atoms with E-state index < -0.39 is 0 Å². The number of hydrogen-bond acceptors (Lipinski definition) is 3. The Balaban J connectivity index is 1.32. The highest BCUT2D eigenvalue weighted by Crippen LogP contribution is 2.17. The molecule has 6 nitrogen and oxygen atoms in total. The van der Waals surface area contributed by atoms with Gasteiger partial charge in [0, 0.05) is 57.7 Å². The van der Waals surface area contributed by atoms with Crippen molar-refractivity contribution in [3.63, 3.8) is 0 Å². The first kappa shape index (κ1) is 19.8. The third kappa shape index (κ3) is 4.71. The predicted molar refractivity (Wildman–Crippen MR) is 123 cm³/mol. The van der Waals surface area contributed by atoms with Crippen LogP contribution in [0.25, 0.3) is 5.69 Å². The van der Waals surface area contributed by atoms with Crippen LogP contribution in [0.2, 0.25) is 0 Å². The van der Waals surface area contributed by atoms with Gasteiger partial charge in [-0.1, -0.05) is 42.5 Å². The van der Waals surface area contributed by atoms with E-state index >= 15 is 0 Å². The van der Waals surface area contributed by atoms with E-state index in [4.69, 9.17) is 0 Å². The first-order chi connectivity index (χ1) is 14.7. The molecule has 0 saturated carbocycles. The van der Waals surface area contributed by atoms with E-state index in [1.54, 1.807) is 0 Å². The van der Waals surface area contributed by atoms with Gasteiger partial charge in [-0.15, -0.1) is 0 Å². The van der Waals surface area contributed by atoms with Crippen molar-refractivity contribution in [2.24, 2.45) is 4.99 Å². The molecule has 0 bridgehead atoms. The zero-order valence-corrected chi connectivity index (χ0v) is 17.6. The maximum absolute atomic E-state index is 4.48. The topological polar surface area (TPSA) is 48.7 Å². The molecular weight excluding hydrogens is 372 g/mol. The highest BCUT2D eigenvalue weighted by molar-refractivity contribution is 5.79. The van der Waals surface area contributed by atoms with E-state index in [0.717, 1.165) is 43.4 Å². The predicted octanol–water partition coefficient (Wildman–Crippen LogP) is 3.46. The lowest BCUT2D eigenvalue weighted by atomic mass is 10.2. The van der Waals surface area contributed by atoms with E-state index in [1.165, 1.54) is 11.3 Å². The molecule has 2 heterocycles. The molecule has 0 saturated heterocycles. The maximum atomic E-state index is 4.48. The van der Waals surface area contributed by atoms with Gasteiger partial charge in [0.2, 0.25) is 0 Å². The summed E-state index contributed by atoms with van der Waals surface area (Å²) in [7, 11) is 3.86. The number of hydrogen-bond donors (Lipinski definition) is 1. The number of nitrogens with zero attached hydrogens (tertiary/aromatic N) is 5. The van der Waals surface area contributed by atoms with Crippen LogP contribution in [0.1, 0.15) is 11.1 Å². The smallest absolute Gasteiger partial charge is 0.193 e. The number of para-hydroxylation sites is 1. The summed E-state index contributed by atoms with van der Waals surface area (Å²) in [5.41, 5.74) is 4.69. The lowest BCUT2D eigenvalue weighted by molar-refractivity contribution is 0.476. The van der Waals surface area contributed by atoms with Crippen LogP contribution in [0.5, 0.6) is 0 Å². The van der Waals surface area contributed by atoms with Crippen LogP contribution in [0.4, 0.5) is 5.69 Å². The maximum Gasteiger partial charge on any atom is 0.193 e. The molecule has 2 aromatic carbocycles. The van der Waals surface area contributed by atoms with Crippen LogP contribution >= 0.6 is 0 Å². The quantitative estimate of drug-likeness (QED) is 0.391. The molecule has 154 valence electrons. The highest BCUT2D eigenvalue weighted by atomic mass is 15.3. The Labute approximate surface area is 178 Å². The molecular formula is C24H28N6. The third-order valence-corrected chi connectivity index (χ3v) is 5.22. The van der Waals surface area contributed by atoms with Crippen molar-refractivity contribution in [2.75, 3.05) is 32.1 Å². The van der Waals surface area contributed by atoms with Gasteiger partial charge in [-0.2, -0.15) is 5.10 Å². The number of guanidine groups is 1. The minimum atomic E-state index is 0.730. The number of rotatable bonds is 6. The number of nitrogens with one attached hydrogen (secondary N) is 1. The van der Waals surface area contributed by atoms with Crippen molar-refractivity contribution in [3.8, 4) is 5.69 Å². The van der Waals surface area contributed by atoms with Gasteiger partial charge in [-0.3, -0.25) is 4.99 Å². The Morgan fingerprint density at radius 3 is 2.43 bits per heavy atom. The fraction of sp³-hybridized carbons (Fsp3) is 0.250. The highest BCUT2D eigenvalue weighted by Gasteiger charge is 2.10. The molecule has 0 aliphatic carbocycles. The van der Waals surface area contributed by atoms with Crippen molar-refractivity contribution in [3.05, 3.63) is 90.3 Å². The largest absolute Gasteiger partial charge is 0.364 e. The van der Waals surface area contributed by atoms with Gasteiger partial charge in [-0.05, 0) is 29.8 Å². The van der Waals surface area contributed by atoms with Crippen LogP contribution in [-0.4, -0.2) is 47.8 Å². The summed E-state index contributed by atoms with van der Waals surface area (Å²) < 4.78 is 1.90. The second kappa shape index (κ2) is 9.31. The monoisotopic (exact) mass is 400 g/mol. The fourth-order valence-corrected chi connectivity index (χ4v) is 3.59. The van der Waals surface area contributed by atoms with Crippen molar-refractivity contribution < 1.29 is 0 Å². The summed E-state index contributed by atoms with van der Waals surface area (Å²) in [6.07, 6.45) is 8.38. The van der Waals surface area contributed by atoms with Crippen molar-refractivity contribution in [1.29, 1.82) is 0 Å². The molecule has 0 fully saturated rings. The third-order valence-electron chi connectivity index (χ3n) is 5.22. The van der Waals surface area contributed by atoms with Crippen LogP contribution in [0, 0.1) is 0 Å². The molecule has 1 aromatic heterocycles. The first-order valence-corrected chi connectivity index (χ1v) is 10.2. The Hall–Kier alpha value is -3.54. The molecule has 0 unspecified atom stereocenters. The van der Waals surface area contributed by atoms with Crippen LogP contribution < -0.4 is 10.2 Å². The fourth-order valence-electron chi connectivity index (χ4n) is 3.59. The molecule has 0 amide bonds. The van der Waals surface area contributed by atoms with E-state index in [2.05, 4.69) is 67.8 Å². The van der Waals surface area contributed by atoms with E-state index in [0.29, 0.717) is 0 Å². The Morgan fingerprint density at radius 2 is 1.73 bits per heavy atom. The van der Waals surface area contributed by atoms with Crippen LogP contribution in [-0.2, 0) is 13.1 Å². The normalized spacial score (nSPS) is 13.7. The number of anilines is 1. The first-order valence-electron chi connectivity index (χ1n) is 10.2. The van der Waals surface area contributed by atoms with Crippen LogP contribution in [0.3, 0.4) is 0 Å². The average Bonchev–Trinajstić information content (AvgIpc) is 3.48. The summed E-state index contributed by atoms with van der Waals surface area (Å²) in [5, 5.41) is 7.94. The molecule has 0 spiro atoms. The Bertz CT molecular complexity index is 996. The summed E-state index contributed by atoms with van der Waals surface area (Å²) >= 11 is 0. The minimum Gasteiger partial charge on any atom is -0.364 e. The second-order valence-corrected chi connectivity index (χ2v) is 7.43. The molecule has 1 aliphatic rings. The van der Waals surface area contributed by atoms with Gasteiger partial charge in [-0.25, -0.2) is 4.68 Å². The molecule has 30 heavy (non-hydrogen) atoms. The Kier molecular flexibility index (Phi) is 6.13. The van der Waals surface area contributed by atoms with Gasteiger partial charge >= 0.3 is 0 Å². The zero-order chi connectivity index (χ0) is 20.8. The molecule has 3 aromatic rings. The van der Waals surface area contributed by atoms with Crippen molar-refractivity contribution >= 4 is 11.6 Å². The molecule has 1 N–H and O–H groups in total. The minimum absolute atomic E-state index is 0.730. The van der Waals surface area contributed by atoms with E-state index in [-0.39, 0.29) is 0 Å². The summed E-state index contributed by atoms with van der Waals surface area (Å²) in [6.45, 7) is 3.46. The molecule has 6 heteroatoms. The van der Waals surface area contributed by atoms with Gasteiger partial charge in [0.05, 0.1) is 11.9 Å². The summed E-state index contributed by atoms with van der Waals surface area (Å²) in [4.78, 5) is 8.89. The Morgan fingerprint density at radius 1 is 1.00 bits per heavy atom. The molecule has 0 atom stereocenters. The van der Waals surface area contributed by atoms with Gasteiger partial charge in [0.25, 0.3) is 0 Å². The summed E-state index contributed by atoms with van der Waals surface area (Å²) in [6, 6.07) is 18.9. The summed E-state index contributed by atoms with van der Waals surface area (Å²) in [5.74, 6) is 0.857. The van der Waals surface area contributed by atoms with Crippen molar-refractivity contribution in [2.45, 2.75) is 13.1 Å².